The van der Waals surface area contributed by atoms with Gasteiger partial charge in [-0.2, -0.15) is 0 Å². The lowest BCUT2D eigenvalue weighted by atomic mass is 10.1. The maximum atomic E-state index is 12.9. The van der Waals surface area contributed by atoms with Crippen LogP contribution < -0.4 is 25.4 Å². The van der Waals surface area contributed by atoms with Crippen LogP contribution in [-0.2, 0) is 0 Å². The highest BCUT2D eigenvalue weighted by atomic mass is 16.5. The van der Waals surface area contributed by atoms with Gasteiger partial charge in [0.25, 0.3) is 17.7 Å². The number of hydrogen-bond donors (Lipinski definition) is 3. The van der Waals surface area contributed by atoms with E-state index < -0.39 is 5.91 Å². The molecular formula is C27H29N3O5. The monoisotopic (exact) mass is 475 g/mol. The average molecular weight is 476 g/mol. The fourth-order valence-corrected chi connectivity index (χ4v) is 3.26. The summed E-state index contributed by atoms with van der Waals surface area (Å²) in [6.45, 7) is 5.69. The van der Waals surface area contributed by atoms with Gasteiger partial charge in [0.2, 0.25) is 0 Å². The lowest BCUT2D eigenvalue weighted by molar-refractivity contribution is 0.0917. The molecule has 0 heterocycles. The Bertz CT molecular complexity index is 1220. The van der Waals surface area contributed by atoms with E-state index in [0.717, 1.165) is 0 Å². The van der Waals surface area contributed by atoms with Gasteiger partial charge < -0.3 is 25.4 Å². The molecule has 0 radical (unpaired) electrons. The van der Waals surface area contributed by atoms with Crippen LogP contribution in [0.2, 0.25) is 0 Å². The Balaban J connectivity index is 1.79. The van der Waals surface area contributed by atoms with Crippen molar-refractivity contribution in [3.63, 3.8) is 0 Å². The van der Waals surface area contributed by atoms with Crippen molar-refractivity contribution < 1.29 is 23.9 Å². The second-order valence-corrected chi connectivity index (χ2v) is 8.81. The molecule has 0 saturated carbocycles. The quantitative estimate of drug-likeness (QED) is 0.458. The first-order valence-electron chi connectivity index (χ1n) is 11.0. The lowest BCUT2D eigenvalue weighted by Gasteiger charge is -2.20. The smallest absolute Gasteiger partial charge is 0.255 e. The van der Waals surface area contributed by atoms with Crippen molar-refractivity contribution in [1.82, 2.24) is 5.32 Å². The summed E-state index contributed by atoms with van der Waals surface area (Å²) in [5, 5.41) is 8.48. The fraction of sp³-hybridized carbons (Fsp3) is 0.222. The molecule has 8 nitrogen and oxygen atoms in total. The molecule has 0 aliphatic rings. The Labute approximate surface area is 204 Å². The summed E-state index contributed by atoms with van der Waals surface area (Å²) in [6.07, 6.45) is 0. The minimum atomic E-state index is -0.394. The van der Waals surface area contributed by atoms with E-state index in [-0.39, 0.29) is 17.4 Å². The highest BCUT2D eigenvalue weighted by Crippen LogP contribution is 2.37. The Hall–Kier alpha value is -4.33. The van der Waals surface area contributed by atoms with Gasteiger partial charge in [-0.15, -0.1) is 0 Å². The van der Waals surface area contributed by atoms with Gasteiger partial charge in [0, 0.05) is 34.4 Å². The Morgan fingerprint density at radius 1 is 0.629 bits per heavy atom. The predicted molar refractivity (Wildman–Crippen MR) is 136 cm³/mol. The van der Waals surface area contributed by atoms with Crippen LogP contribution in [0.1, 0.15) is 51.8 Å². The zero-order chi connectivity index (χ0) is 25.6. The summed E-state index contributed by atoms with van der Waals surface area (Å²) < 4.78 is 10.9. The van der Waals surface area contributed by atoms with Gasteiger partial charge in [0.1, 0.15) is 11.5 Å². The fourth-order valence-electron chi connectivity index (χ4n) is 3.26. The normalized spacial score (nSPS) is 10.8. The molecule has 3 rings (SSSR count). The highest BCUT2D eigenvalue weighted by Gasteiger charge is 2.18. The highest BCUT2D eigenvalue weighted by molar-refractivity contribution is 6.07. The van der Waals surface area contributed by atoms with E-state index in [1.165, 1.54) is 14.2 Å². The maximum Gasteiger partial charge on any atom is 0.255 e. The second-order valence-electron chi connectivity index (χ2n) is 8.81. The Morgan fingerprint density at radius 2 is 1.03 bits per heavy atom. The van der Waals surface area contributed by atoms with Crippen molar-refractivity contribution in [3.05, 3.63) is 83.4 Å². The summed E-state index contributed by atoms with van der Waals surface area (Å²) >= 11 is 0. The first kappa shape index (κ1) is 25.3. The average Bonchev–Trinajstić information content (AvgIpc) is 2.84. The van der Waals surface area contributed by atoms with Crippen LogP contribution in [0.25, 0.3) is 0 Å². The van der Waals surface area contributed by atoms with Crippen molar-refractivity contribution in [2.24, 2.45) is 0 Å². The van der Waals surface area contributed by atoms with Gasteiger partial charge in [0.05, 0.1) is 25.6 Å². The molecule has 0 aromatic heterocycles. The maximum absolute atomic E-state index is 12.9. The second kappa shape index (κ2) is 10.7. The molecule has 3 aromatic carbocycles. The number of anilines is 2. The van der Waals surface area contributed by atoms with Crippen LogP contribution in [0, 0.1) is 0 Å². The SMILES string of the molecule is COc1cc(NC(=O)c2ccc(C(=O)NC(C)(C)C)cc2)c(OC)cc1NC(=O)c1ccccc1. The number of carbonyl (C=O) groups excluding carboxylic acids is 3. The molecule has 0 spiro atoms. The van der Waals surface area contributed by atoms with Gasteiger partial charge in [-0.25, -0.2) is 0 Å². The van der Waals surface area contributed by atoms with Gasteiger partial charge in [0.15, 0.2) is 0 Å². The largest absolute Gasteiger partial charge is 0.494 e. The van der Waals surface area contributed by atoms with Crippen molar-refractivity contribution in [3.8, 4) is 11.5 Å². The number of ether oxygens (including phenoxy) is 2. The van der Waals surface area contributed by atoms with Crippen LogP contribution in [0.15, 0.2) is 66.7 Å². The lowest BCUT2D eigenvalue weighted by Crippen LogP contribution is -2.40. The van der Waals surface area contributed by atoms with Crippen molar-refractivity contribution in [2.75, 3.05) is 24.9 Å². The molecule has 35 heavy (non-hydrogen) atoms. The Kier molecular flexibility index (Phi) is 7.76. The van der Waals surface area contributed by atoms with E-state index in [0.29, 0.717) is 39.6 Å². The number of benzene rings is 3. The standard InChI is InChI=1S/C27H29N3O5/c1-27(2,3)30-26(33)19-13-11-18(12-14-19)25(32)29-21-16-22(34-4)20(15-23(21)35-5)28-24(31)17-9-7-6-8-10-17/h6-16H,1-5H3,(H,28,31)(H,29,32)(H,30,33). The van der Waals surface area contributed by atoms with Crippen LogP contribution in [0.5, 0.6) is 11.5 Å². The number of carbonyl (C=O) groups is 3. The number of methoxy groups -OCH3 is 2. The minimum Gasteiger partial charge on any atom is -0.494 e. The van der Waals surface area contributed by atoms with Gasteiger partial charge in [-0.3, -0.25) is 14.4 Å². The number of hydrogen-bond acceptors (Lipinski definition) is 5. The molecular weight excluding hydrogens is 446 g/mol. The van der Waals surface area contributed by atoms with E-state index >= 15 is 0 Å². The molecule has 3 N–H and O–H groups in total. The van der Waals surface area contributed by atoms with Gasteiger partial charge >= 0.3 is 0 Å². The third-order valence-corrected chi connectivity index (χ3v) is 4.95. The summed E-state index contributed by atoms with van der Waals surface area (Å²) in [7, 11) is 2.93. The van der Waals surface area contributed by atoms with Crippen LogP contribution in [0.4, 0.5) is 11.4 Å². The van der Waals surface area contributed by atoms with E-state index in [4.69, 9.17) is 9.47 Å². The van der Waals surface area contributed by atoms with Crippen molar-refractivity contribution in [1.29, 1.82) is 0 Å². The molecule has 0 unspecified atom stereocenters. The summed E-state index contributed by atoms with van der Waals surface area (Å²) in [6, 6.07) is 18.3. The third kappa shape index (κ3) is 6.60. The molecule has 0 aliphatic carbocycles. The topological polar surface area (TPSA) is 106 Å². The van der Waals surface area contributed by atoms with Crippen LogP contribution in [0.3, 0.4) is 0 Å². The van der Waals surface area contributed by atoms with E-state index in [1.807, 2.05) is 26.8 Å². The molecule has 0 atom stereocenters. The minimum absolute atomic E-state index is 0.219. The molecule has 182 valence electrons. The molecule has 0 aliphatic heterocycles. The molecule has 8 heteroatoms. The molecule has 3 aromatic rings. The summed E-state index contributed by atoms with van der Waals surface area (Å²) in [4.78, 5) is 37.8. The summed E-state index contributed by atoms with van der Waals surface area (Å²) in [5.41, 5.74) is 1.70. The molecule has 0 fully saturated rings. The van der Waals surface area contributed by atoms with E-state index in [2.05, 4.69) is 16.0 Å². The zero-order valence-electron chi connectivity index (χ0n) is 20.4. The third-order valence-electron chi connectivity index (χ3n) is 4.95. The first-order valence-corrected chi connectivity index (χ1v) is 11.0. The van der Waals surface area contributed by atoms with Crippen LogP contribution in [-0.4, -0.2) is 37.5 Å². The number of rotatable bonds is 7. The summed E-state index contributed by atoms with van der Waals surface area (Å²) in [5.74, 6) is -0.236. The molecule has 0 bridgehead atoms. The van der Waals surface area contributed by atoms with E-state index in [1.54, 1.807) is 60.7 Å². The van der Waals surface area contributed by atoms with Crippen molar-refractivity contribution in [2.45, 2.75) is 26.3 Å². The van der Waals surface area contributed by atoms with Gasteiger partial charge in [-0.1, -0.05) is 18.2 Å². The van der Waals surface area contributed by atoms with Crippen LogP contribution >= 0.6 is 0 Å². The van der Waals surface area contributed by atoms with Crippen molar-refractivity contribution >= 4 is 29.1 Å². The van der Waals surface area contributed by atoms with Gasteiger partial charge in [-0.05, 0) is 57.2 Å². The zero-order valence-corrected chi connectivity index (χ0v) is 20.4. The molecule has 3 amide bonds. The number of amides is 3. The molecule has 0 saturated heterocycles. The first-order chi connectivity index (χ1) is 16.6. The van der Waals surface area contributed by atoms with E-state index in [9.17, 15) is 14.4 Å². The predicted octanol–water partition coefficient (Wildman–Crippen LogP) is 4.74. The number of nitrogens with one attached hydrogen (secondary N) is 3. The Morgan fingerprint density at radius 3 is 1.43 bits per heavy atom.